The van der Waals surface area contributed by atoms with Crippen LogP contribution in [0.25, 0.3) is 0 Å². The number of nitrogens with two attached hydrogens (primary N) is 1. The number of allylic oxidation sites excluding steroid dienone is 3. The number of hydrogen-bond donors (Lipinski definition) is 2. The van der Waals surface area contributed by atoms with E-state index in [1.54, 1.807) is 0 Å². The van der Waals surface area contributed by atoms with Crippen LogP contribution in [0.2, 0.25) is 0 Å². The normalized spacial score (nSPS) is 12.8. The fourth-order valence-electron chi connectivity index (χ4n) is 0.280. The molecule has 0 aliphatic rings. The van der Waals surface area contributed by atoms with Gasteiger partial charge in [0, 0.05) is 0 Å². The maximum absolute atomic E-state index is 10.0. The van der Waals surface area contributed by atoms with Crippen LogP contribution in [0.4, 0.5) is 0 Å². The molecule has 0 bridgehead atoms. The van der Waals surface area contributed by atoms with Crippen LogP contribution in [0, 0.1) is 0 Å². The quantitative estimate of drug-likeness (QED) is 0.366. The van der Waals surface area contributed by atoms with Gasteiger partial charge in [-0.1, -0.05) is 11.6 Å². The van der Waals surface area contributed by atoms with Crippen LogP contribution in [-0.2, 0) is 9.59 Å². The van der Waals surface area contributed by atoms with E-state index in [1.165, 1.54) is 0 Å². The maximum Gasteiger partial charge on any atom is 0.351 e. The number of carboxylic acids is 1. The Morgan fingerprint density at radius 2 is 2.00 bits per heavy atom. The second-order valence-corrected chi connectivity index (χ2v) is 2.03. The average molecular weight is 176 g/mol. The van der Waals surface area contributed by atoms with Gasteiger partial charge < -0.3 is 10.8 Å². The minimum atomic E-state index is -1.25. The molecule has 60 valence electrons. The summed E-state index contributed by atoms with van der Waals surface area (Å²) in [6.45, 7) is 0. The first-order valence-electron chi connectivity index (χ1n) is 2.59. The number of carboxylic acid groups (broad SMARTS) is 1. The van der Waals surface area contributed by atoms with Gasteiger partial charge in [-0.25, -0.2) is 4.79 Å². The minimum Gasteiger partial charge on any atom is -0.477 e. The number of rotatable bonds is 3. The molecular formula is C6H6ClNO3. The van der Waals surface area contributed by atoms with Gasteiger partial charge in [-0.15, -0.1) is 0 Å². The van der Waals surface area contributed by atoms with Gasteiger partial charge in [0.2, 0.25) is 0 Å². The van der Waals surface area contributed by atoms with E-state index in [0.29, 0.717) is 6.29 Å². The highest BCUT2D eigenvalue weighted by molar-refractivity contribution is 6.38. The monoisotopic (exact) mass is 175 g/mol. The Balaban J connectivity index is 4.34. The molecule has 0 saturated carbocycles. The van der Waals surface area contributed by atoms with E-state index in [2.05, 4.69) is 0 Å². The molecule has 0 aromatic heterocycles. The molecule has 3 N–H and O–H groups in total. The van der Waals surface area contributed by atoms with Crippen LogP contribution in [0.3, 0.4) is 0 Å². The van der Waals surface area contributed by atoms with Gasteiger partial charge in [0.15, 0.2) is 6.29 Å². The van der Waals surface area contributed by atoms with Crippen LogP contribution in [-0.4, -0.2) is 17.4 Å². The molecule has 4 nitrogen and oxygen atoms in total. The second-order valence-electron chi connectivity index (χ2n) is 1.60. The van der Waals surface area contributed by atoms with Crippen molar-refractivity contribution in [2.45, 2.75) is 0 Å². The van der Waals surface area contributed by atoms with E-state index in [0.717, 1.165) is 12.2 Å². The third kappa shape index (κ3) is 4.16. The number of aliphatic carboxylic acids is 1. The van der Waals surface area contributed by atoms with Gasteiger partial charge in [0.25, 0.3) is 0 Å². The van der Waals surface area contributed by atoms with Gasteiger partial charge >= 0.3 is 5.97 Å². The first-order valence-corrected chi connectivity index (χ1v) is 2.97. The molecule has 0 heterocycles. The zero-order chi connectivity index (χ0) is 8.85. The molecule has 11 heavy (non-hydrogen) atoms. The van der Waals surface area contributed by atoms with Gasteiger partial charge in [0.1, 0.15) is 5.70 Å². The molecule has 0 aliphatic heterocycles. The first kappa shape index (κ1) is 9.71. The fourth-order valence-corrected chi connectivity index (χ4v) is 0.343. The average Bonchev–Trinajstić information content (AvgIpc) is 1.99. The predicted octanol–water partition coefficient (Wildman–Crippen LogP) is 0.235. The predicted molar refractivity (Wildman–Crippen MR) is 39.9 cm³/mol. The molecular weight excluding hydrogens is 170 g/mol. The summed E-state index contributed by atoms with van der Waals surface area (Å²) in [6.07, 6.45) is 2.53. The van der Waals surface area contributed by atoms with Crippen molar-refractivity contribution in [1.82, 2.24) is 0 Å². The highest BCUT2D eigenvalue weighted by Gasteiger charge is 1.97. The number of aldehydes is 1. The van der Waals surface area contributed by atoms with Crippen molar-refractivity contribution in [2.75, 3.05) is 0 Å². The van der Waals surface area contributed by atoms with Crippen LogP contribution in [0.1, 0.15) is 0 Å². The lowest BCUT2D eigenvalue weighted by atomic mass is 10.4. The van der Waals surface area contributed by atoms with E-state index < -0.39 is 5.97 Å². The van der Waals surface area contributed by atoms with Crippen molar-refractivity contribution in [3.05, 3.63) is 22.9 Å². The van der Waals surface area contributed by atoms with Crippen LogP contribution in [0.15, 0.2) is 22.9 Å². The third-order valence-corrected chi connectivity index (χ3v) is 0.997. The first-order chi connectivity index (χ1) is 5.07. The molecule has 0 unspecified atom stereocenters. The Labute approximate surface area is 67.9 Å². The summed E-state index contributed by atoms with van der Waals surface area (Å²) in [5.74, 6) is -1.25. The van der Waals surface area contributed by atoms with Gasteiger partial charge in [0.05, 0.1) is 5.03 Å². The lowest BCUT2D eigenvalue weighted by Crippen LogP contribution is -2.08. The largest absolute Gasteiger partial charge is 0.477 e. The lowest BCUT2D eigenvalue weighted by molar-refractivity contribution is -0.132. The van der Waals surface area contributed by atoms with Crippen LogP contribution < -0.4 is 5.73 Å². The number of halogens is 1. The molecule has 0 aliphatic carbocycles. The summed E-state index contributed by atoms with van der Waals surface area (Å²) in [5, 5.41) is 8.11. The van der Waals surface area contributed by atoms with Crippen molar-refractivity contribution in [3.63, 3.8) is 0 Å². The molecule has 0 rings (SSSR count). The number of hydrogen-bond acceptors (Lipinski definition) is 3. The topological polar surface area (TPSA) is 80.4 Å². The van der Waals surface area contributed by atoms with E-state index in [1.807, 2.05) is 0 Å². The molecule has 0 saturated heterocycles. The maximum atomic E-state index is 10.0. The fraction of sp³-hybridized carbons (Fsp3) is 0. The van der Waals surface area contributed by atoms with E-state index >= 15 is 0 Å². The molecule has 0 aromatic rings. The Bertz CT molecular complexity index is 232. The molecule has 0 radical (unpaired) electrons. The Morgan fingerprint density at radius 1 is 1.45 bits per heavy atom. The summed E-state index contributed by atoms with van der Waals surface area (Å²) in [7, 11) is 0. The van der Waals surface area contributed by atoms with Crippen molar-refractivity contribution in [1.29, 1.82) is 0 Å². The zero-order valence-electron chi connectivity index (χ0n) is 5.45. The number of carbonyl (C=O) groups is 2. The highest BCUT2D eigenvalue weighted by atomic mass is 35.5. The smallest absolute Gasteiger partial charge is 0.351 e. The summed E-state index contributed by atoms with van der Waals surface area (Å²) in [5.41, 5.74) is 4.59. The second kappa shape index (κ2) is 4.51. The molecule has 5 heteroatoms. The summed E-state index contributed by atoms with van der Waals surface area (Å²) < 4.78 is 0. The SMILES string of the molecule is N/C(=C\C=C(/Cl)C=O)C(=O)O. The van der Waals surface area contributed by atoms with E-state index in [9.17, 15) is 9.59 Å². The number of carbonyl (C=O) groups excluding carboxylic acids is 1. The summed E-state index contributed by atoms with van der Waals surface area (Å²) >= 11 is 5.21. The lowest BCUT2D eigenvalue weighted by Gasteiger charge is -1.87. The summed E-state index contributed by atoms with van der Waals surface area (Å²) in [4.78, 5) is 19.9. The molecule has 0 spiro atoms. The third-order valence-electron chi connectivity index (χ3n) is 0.782. The molecule has 0 amide bonds. The van der Waals surface area contributed by atoms with Crippen LogP contribution in [0.5, 0.6) is 0 Å². The molecule has 0 atom stereocenters. The molecule has 0 fully saturated rings. The van der Waals surface area contributed by atoms with Gasteiger partial charge in [-0.2, -0.15) is 0 Å². The van der Waals surface area contributed by atoms with Crippen LogP contribution >= 0.6 is 11.6 Å². The zero-order valence-corrected chi connectivity index (χ0v) is 6.21. The van der Waals surface area contributed by atoms with Crippen molar-refractivity contribution < 1.29 is 14.7 Å². The van der Waals surface area contributed by atoms with Crippen molar-refractivity contribution in [3.8, 4) is 0 Å². The molecule has 0 aromatic carbocycles. The summed E-state index contributed by atoms with van der Waals surface area (Å²) in [6, 6.07) is 0. The Kier molecular flexibility index (Phi) is 3.98. The minimum absolute atomic E-state index is 0.103. The Hall–Kier alpha value is -1.29. The van der Waals surface area contributed by atoms with Crippen molar-refractivity contribution in [2.24, 2.45) is 5.73 Å². The Morgan fingerprint density at radius 3 is 2.36 bits per heavy atom. The highest BCUT2D eigenvalue weighted by Crippen LogP contribution is 1.96. The van der Waals surface area contributed by atoms with Gasteiger partial charge in [-0.3, -0.25) is 4.79 Å². The van der Waals surface area contributed by atoms with Gasteiger partial charge in [-0.05, 0) is 12.2 Å². The van der Waals surface area contributed by atoms with Crippen molar-refractivity contribution >= 4 is 23.9 Å². The van der Waals surface area contributed by atoms with E-state index in [4.69, 9.17) is 22.4 Å². The standard InChI is InChI=1S/C6H6ClNO3/c7-4(3-9)1-2-5(8)6(10)11/h1-3H,8H2,(H,10,11)/b4-1-,5-2-. The van der Waals surface area contributed by atoms with E-state index in [-0.39, 0.29) is 10.7 Å².